The number of aliphatic hydroxyl groups excluding tert-OH is 1. The van der Waals surface area contributed by atoms with Crippen LogP contribution in [-0.4, -0.2) is 55.9 Å². The van der Waals surface area contributed by atoms with E-state index in [1.54, 1.807) is 14.2 Å². The Kier molecular flexibility index (Phi) is 8.55. The van der Waals surface area contributed by atoms with Crippen molar-refractivity contribution in [3.05, 3.63) is 59.2 Å². The molecule has 0 amide bonds. The van der Waals surface area contributed by atoms with Crippen molar-refractivity contribution in [1.29, 1.82) is 0 Å². The second kappa shape index (κ2) is 11.6. The van der Waals surface area contributed by atoms with Gasteiger partial charge in [0.05, 0.1) is 26.9 Å². The van der Waals surface area contributed by atoms with E-state index in [-0.39, 0.29) is 6.10 Å². The van der Waals surface area contributed by atoms with Gasteiger partial charge in [0.15, 0.2) is 17.5 Å². The van der Waals surface area contributed by atoms with Crippen LogP contribution in [0.1, 0.15) is 29.5 Å². The van der Waals surface area contributed by atoms with Gasteiger partial charge < -0.3 is 25.6 Å². The zero-order chi connectivity index (χ0) is 22.1. The summed E-state index contributed by atoms with van der Waals surface area (Å²) in [4.78, 5) is 6.83. The van der Waals surface area contributed by atoms with Crippen LogP contribution in [0.15, 0.2) is 47.5 Å². The number of nitrogens with one attached hydrogen (secondary N) is 1. The third-order valence-electron chi connectivity index (χ3n) is 5.59. The van der Waals surface area contributed by atoms with E-state index in [9.17, 15) is 5.11 Å². The van der Waals surface area contributed by atoms with Crippen molar-refractivity contribution in [2.24, 2.45) is 10.7 Å². The summed E-state index contributed by atoms with van der Waals surface area (Å²) in [7, 11) is 3.26. The number of methoxy groups -OCH3 is 2. The highest BCUT2D eigenvalue weighted by atomic mass is 16.5. The number of hydrogen-bond donors (Lipinski definition) is 3. The minimum Gasteiger partial charge on any atom is -0.493 e. The van der Waals surface area contributed by atoms with Gasteiger partial charge in [-0.25, -0.2) is 4.99 Å². The first-order chi connectivity index (χ1) is 15.1. The van der Waals surface area contributed by atoms with E-state index in [1.807, 2.05) is 18.2 Å². The quantitative estimate of drug-likeness (QED) is 0.421. The number of nitrogens with zero attached hydrogens (tertiary/aromatic N) is 2. The normalized spacial score (nSPS) is 15.6. The molecular formula is C24H34N4O3. The lowest BCUT2D eigenvalue weighted by Crippen LogP contribution is -2.35. The molecule has 3 rings (SSSR count). The topological polar surface area (TPSA) is 92.3 Å². The fraction of sp³-hybridized carbons (Fsp3) is 0.458. The van der Waals surface area contributed by atoms with Crippen molar-refractivity contribution in [3.8, 4) is 11.5 Å². The molecular weight excluding hydrogens is 392 g/mol. The fourth-order valence-corrected chi connectivity index (χ4v) is 3.69. The van der Waals surface area contributed by atoms with E-state index >= 15 is 0 Å². The van der Waals surface area contributed by atoms with Crippen LogP contribution in [0.5, 0.6) is 11.5 Å². The Labute approximate surface area is 184 Å². The predicted molar refractivity (Wildman–Crippen MR) is 124 cm³/mol. The van der Waals surface area contributed by atoms with Gasteiger partial charge in [0.25, 0.3) is 0 Å². The molecule has 31 heavy (non-hydrogen) atoms. The van der Waals surface area contributed by atoms with Crippen LogP contribution >= 0.6 is 0 Å². The van der Waals surface area contributed by atoms with Crippen molar-refractivity contribution in [2.45, 2.75) is 38.5 Å². The lowest BCUT2D eigenvalue weighted by atomic mass is 10.1. The first kappa shape index (κ1) is 22.9. The summed E-state index contributed by atoms with van der Waals surface area (Å²) in [5.74, 6) is 1.89. The number of piperidine rings is 1. The van der Waals surface area contributed by atoms with Gasteiger partial charge in [-0.05, 0) is 48.1 Å². The van der Waals surface area contributed by atoms with Crippen LogP contribution in [-0.2, 0) is 19.5 Å². The molecule has 0 radical (unpaired) electrons. The van der Waals surface area contributed by atoms with Crippen LogP contribution in [0.4, 0.5) is 0 Å². The summed E-state index contributed by atoms with van der Waals surface area (Å²) in [6, 6.07) is 14.4. The summed E-state index contributed by atoms with van der Waals surface area (Å²) in [6.45, 7) is 4.08. The van der Waals surface area contributed by atoms with Gasteiger partial charge in [-0.2, -0.15) is 0 Å². The zero-order valence-electron chi connectivity index (χ0n) is 18.5. The SMILES string of the molecule is COc1ccc(CCNC(N)=NCc2ccc(CN3CCC(O)CC3)cc2)cc1OC. The summed E-state index contributed by atoms with van der Waals surface area (Å²) in [5.41, 5.74) is 9.56. The molecule has 1 heterocycles. The van der Waals surface area contributed by atoms with Crippen LogP contribution in [0.2, 0.25) is 0 Å². The smallest absolute Gasteiger partial charge is 0.188 e. The molecule has 0 unspecified atom stereocenters. The molecule has 1 aliphatic rings. The molecule has 2 aromatic carbocycles. The van der Waals surface area contributed by atoms with Gasteiger partial charge in [-0.1, -0.05) is 30.3 Å². The first-order valence-corrected chi connectivity index (χ1v) is 10.8. The minimum atomic E-state index is -0.130. The lowest BCUT2D eigenvalue weighted by molar-refractivity contribution is 0.0792. The Balaban J connectivity index is 1.42. The molecule has 2 aromatic rings. The molecule has 1 aliphatic heterocycles. The second-order valence-corrected chi connectivity index (χ2v) is 7.89. The molecule has 0 aromatic heterocycles. The monoisotopic (exact) mass is 426 g/mol. The molecule has 0 saturated carbocycles. The maximum Gasteiger partial charge on any atom is 0.188 e. The third-order valence-corrected chi connectivity index (χ3v) is 5.59. The molecule has 4 N–H and O–H groups in total. The number of nitrogens with two attached hydrogens (primary N) is 1. The molecule has 168 valence electrons. The van der Waals surface area contributed by atoms with E-state index in [0.717, 1.165) is 61.5 Å². The zero-order valence-corrected chi connectivity index (χ0v) is 18.5. The highest BCUT2D eigenvalue weighted by Crippen LogP contribution is 2.27. The molecule has 0 atom stereocenters. The Morgan fingerprint density at radius 2 is 1.68 bits per heavy atom. The largest absolute Gasteiger partial charge is 0.493 e. The number of benzene rings is 2. The van der Waals surface area contributed by atoms with Crippen molar-refractivity contribution < 1.29 is 14.6 Å². The van der Waals surface area contributed by atoms with E-state index in [2.05, 4.69) is 39.5 Å². The van der Waals surface area contributed by atoms with Crippen molar-refractivity contribution in [2.75, 3.05) is 33.9 Å². The van der Waals surface area contributed by atoms with Gasteiger partial charge in [0.2, 0.25) is 0 Å². The number of ether oxygens (including phenoxy) is 2. The average Bonchev–Trinajstić information content (AvgIpc) is 2.80. The summed E-state index contributed by atoms with van der Waals surface area (Å²) in [5, 5.41) is 12.8. The van der Waals surface area contributed by atoms with Crippen LogP contribution in [0, 0.1) is 0 Å². The van der Waals surface area contributed by atoms with Crippen LogP contribution in [0.3, 0.4) is 0 Å². The molecule has 0 spiro atoms. The maximum atomic E-state index is 9.62. The van der Waals surface area contributed by atoms with Gasteiger partial charge in [0, 0.05) is 26.2 Å². The number of guanidine groups is 1. The molecule has 0 aliphatic carbocycles. The van der Waals surface area contributed by atoms with Crippen molar-refractivity contribution in [1.82, 2.24) is 10.2 Å². The van der Waals surface area contributed by atoms with Gasteiger partial charge >= 0.3 is 0 Å². The lowest BCUT2D eigenvalue weighted by Gasteiger charge is -2.29. The van der Waals surface area contributed by atoms with Gasteiger partial charge in [0.1, 0.15) is 0 Å². The van der Waals surface area contributed by atoms with E-state index in [4.69, 9.17) is 15.2 Å². The van der Waals surface area contributed by atoms with E-state index in [0.29, 0.717) is 19.0 Å². The Morgan fingerprint density at radius 1 is 1.03 bits per heavy atom. The van der Waals surface area contributed by atoms with Crippen molar-refractivity contribution >= 4 is 5.96 Å². The molecule has 1 fully saturated rings. The number of rotatable bonds is 9. The van der Waals surface area contributed by atoms with Crippen LogP contribution < -0.4 is 20.5 Å². The number of likely N-dealkylation sites (tertiary alicyclic amines) is 1. The highest BCUT2D eigenvalue weighted by Gasteiger charge is 2.16. The van der Waals surface area contributed by atoms with E-state index < -0.39 is 0 Å². The van der Waals surface area contributed by atoms with Gasteiger partial charge in [-0.3, -0.25) is 4.90 Å². The fourth-order valence-electron chi connectivity index (χ4n) is 3.69. The third kappa shape index (κ3) is 7.15. The molecule has 7 heteroatoms. The Morgan fingerprint density at radius 3 is 2.35 bits per heavy atom. The Bertz CT molecular complexity index is 846. The second-order valence-electron chi connectivity index (χ2n) is 7.89. The standard InChI is InChI=1S/C24H34N4O3/c1-30-22-8-7-18(15-23(22)31-2)9-12-26-24(25)27-16-19-3-5-20(6-4-19)17-28-13-10-21(29)11-14-28/h3-8,15,21,29H,9-14,16-17H2,1-2H3,(H3,25,26,27). The maximum absolute atomic E-state index is 9.62. The summed E-state index contributed by atoms with van der Waals surface area (Å²) in [6.07, 6.45) is 2.41. The molecule has 7 nitrogen and oxygen atoms in total. The van der Waals surface area contributed by atoms with Crippen LogP contribution in [0.25, 0.3) is 0 Å². The number of aliphatic hydroxyl groups is 1. The summed E-state index contributed by atoms with van der Waals surface area (Å²) < 4.78 is 10.6. The predicted octanol–water partition coefficient (Wildman–Crippen LogP) is 2.31. The molecule has 1 saturated heterocycles. The van der Waals surface area contributed by atoms with E-state index in [1.165, 1.54) is 5.56 Å². The minimum absolute atomic E-state index is 0.130. The highest BCUT2D eigenvalue weighted by molar-refractivity contribution is 5.77. The first-order valence-electron chi connectivity index (χ1n) is 10.8. The van der Waals surface area contributed by atoms with Crippen molar-refractivity contribution in [3.63, 3.8) is 0 Å². The molecule has 0 bridgehead atoms. The average molecular weight is 427 g/mol. The number of hydrogen-bond acceptors (Lipinski definition) is 5. The van der Waals surface area contributed by atoms with Gasteiger partial charge in [-0.15, -0.1) is 0 Å². The Hall–Kier alpha value is -2.77. The number of aliphatic imine (C=N–C) groups is 1. The summed E-state index contributed by atoms with van der Waals surface area (Å²) >= 11 is 0.